The van der Waals surface area contributed by atoms with E-state index >= 15 is 0 Å². The molecular weight excluding hydrogens is 204 g/mol. The molecule has 0 spiro atoms. The van der Waals surface area contributed by atoms with E-state index in [1.807, 2.05) is 0 Å². The molecule has 2 N–H and O–H groups in total. The van der Waals surface area contributed by atoms with Gasteiger partial charge in [0.2, 0.25) is 0 Å². The highest BCUT2D eigenvalue weighted by molar-refractivity contribution is 5.45. The molecule has 0 aliphatic carbocycles. The molecule has 0 unspecified atom stereocenters. The average Bonchev–Trinajstić information content (AvgIpc) is 2.27. The molecule has 0 fully saturated rings. The normalized spacial score (nSPS) is 10.8. The summed E-state index contributed by atoms with van der Waals surface area (Å²) in [5.74, 6) is 0.291. The van der Waals surface area contributed by atoms with Gasteiger partial charge >= 0.3 is 0 Å². The van der Waals surface area contributed by atoms with Gasteiger partial charge in [0.25, 0.3) is 0 Å². The molecule has 2 aromatic carbocycles. The third-order valence-electron chi connectivity index (χ3n) is 1.94. The summed E-state index contributed by atoms with van der Waals surface area (Å²) in [4.78, 5) is 0. The molecular formula is C12H10N2O2. The highest BCUT2D eigenvalue weighted by Crippen LogP contribution is 2.23. The third kappa shape index (κ3) is 2.57. The first-order chi connectivity index (χ1) is 7.74. The number of azo groups is 1. The van der Waals surface area contributed by atoms with Gasteiger partial charge in [0.05, 0.1) is 11.4 Å². The van der Waals surface area contributed by atoms with E-state index in [1.165, 1.54) is 12.1 Å². The van der Waals surface area contributed by atoms with Gasteiger partial charge < -0.3 is 10.2 Å². The first kappa shape index (κ1) is 10.2. The minimum Gasteiger partial charge on any atom is -0.508 e. The molecule has 0 aliphatic rings. The zero-order valence-electron chi connectivity index (χ0n) is 8.41. The summed E-state index contributed by atoms with van der Waals surface area (Å²) in [6.07, 6.45) is 0. The van der Waals surface area contributed by atoms with Crippen molar-refractivity contribution < 1.29 is 10.2 Å². The van der Waals surface area contributed by atoms with E-state index in [0.717, 1.165) is 0 Å². The van der Waals surface area contributed by atoms with Crippen LogP contribution in [0.1, 0.15) is 0 Å². The van der Waals surface area contributed by atoms with Crippen molar-refractivity contribution in [3.05, 3.63) is 48.5 Å². The molecule has 0 atom stereocenters. The summed E-state index contributed by atoms with van der Waals surface area (Å²) in [5.41, 5.74) is 1.12. The first-order valence-corrected chi connectivity index (χ1v) is 4.74. The van der Waals surface area contributed by atoms with Crippen molar-refractivity contribution in [2.24, 2.45) is 10.2 Å². The minimum atomic E-state index is 0.146. The predicted molar refractivity (Wildman–Crippen MR) is 60.4 cm³/mol. The summed E-state index contributed by atoms with van der Waals surface area (Å²) >= 11 is 0. The average molecular weight is 214 g/mol. The SMILES string of the molecule is Oc1cccc(N=Nc2cccc(O)c2)c1. The van der Waals surface area contributed by atoms with Gasteiger partial charge in [-0.15, -0.1) is 0 Å². The third-order valence-corrected chi connectivity index (χ3v) is 1.94. The molecule has 80 valence electrons. The highest BCUT2D eigenvalue weighted by atomic mass is 16.3. The molecule has 0 aliphatic heterocycles. The van der Waals surface area contributed by atoms with Crippen LogP contribution in [-0.2, 0) is 0 Å². The van der Waals surface area contributed by atoms with Gasteiger partial charge in [-0.1, -0.05) is 12.1 Å². The number of phenols is 2. The Morgan fingerprint density at radius 1 is 0.688 bits per heavy atom. The van der Waals surface area contributed by atoms with Crippen molar-refractivity contribution in [3.8, 4) is 11.5 Å². The Morgan fingerprint density at radius 2 is 1.12 bits per heavy atom. The zero-order valence-corrected chi connectivity index (χ0v) is 8.41. The summed E-state index contributed by atoms with van der Waals surface area (Å²) in [5, 5.41) is 26.3. The van der Waals surface area contributed by atoms with Crippen molar-refractivity contribution in [2.45, 2.75) is 0 Å². The lowest BCUT2D eigenvalue weighted by Crippen LogP contribution is -1.66. The molecule has 0 radical (unpaired) electrons. The van der Waals surface area contributed by atoms with Gasteiger partial charge in [-0.3, -0.25) is 0 Å². The molecule has 16 heavy (non-hydrogen) atoms. The van der Waals surface area contributed by atoms with Crippen LogP contribution in [0.3, 0.4) is 0 Å². The second kappa shape index (κ2) is 4.44. The zero-order chi connectivity index (χ0) is 11.4. The molecule has 4 nitrogen and oxygen atoms in total. The fraction of sp³-hybridized carbons (Fsp3) is 0. The van der Waals surface area contributed by atoms with Crippen molar-refractivity contribution in [1.29, 1.82) is 0 Å². The Hall–Kier alpha value is -2.36. The van der Waals surface area contributed by atoms with Crippen LogP contribution in [0, 0.1) is 0 Å². The number of benzene rings is 2. The summed E-state index contributed by atoms with van der Waals surface area (Å²) in [6.45, 7) is 0. The van der Waals surface area contributed by atoms with Gasteiger partial charge in [0.1, 0.15) is 11.5 Å². The van der Waals surface area contributed by atoms with Crippen LogP contribution in [0.15, 0.2) is 58.8 Å². The Kier molecular flexibility index (Phi) is 2.82. The fourth-order valence-corrected chi connectivity index (χ4v) is 1.23. The molecule has 2 aromatic rings. The van der Waals surface area contributed by atoms with Crippen molar-refractivity contribution in [2.75, 3.05) is 0 Å². The van der Waals surface area contributed by atoms with Crippen molar-refractivity contribution >= 4 is 11.4 Å². The summed E-state index contributed by atoms with van der Waals surface area (Å²) in [6, 6.07) is 13.0. The lowest BCUT2D eigenvalue weighted by Gasteiger charge is -1.95. The maximum atomic E-state index is 9.21. The second-order valence-electron chi connectivity index (χ2n) is 3.24. The standard InChI is InChI=1S/C12H10N2O2/c15-11-5-1-3-9(7-11)13-14-10-4-2-6-12(16)8-10/h1-8,15-16H. The van der Waals surface area contributed by atoms with Crippen molar-refractivity contribution in [3.63, 3.8) is 0 Å². The Bertz CT molecular complexity index is 476. The Labute approximate surface area is 92.5 Å². The molecule has 2 rings (SSSR count). The monoisotopic (exact) mass is 214 g/mol. The first-order valence-electron chi connectivity index (χ1n) is 4.74. The topological polar surface area (TPSA) is 65.2 Å². The van der Waals surface area contributed by atoms with E-state index < -0.39 is 0 Å². The van der Waals surface area contributed by atoms with Crippen molar-refractivity contribution in [1.82, 2.24) is 0 Å². The molecule has 0 saturated carbocycles. The fourth-order valence-electron chi connectivity index (χ4n) is 1.23. The van der Waals surface area contributed by atoms with E-state index in [-0.39, 0.29) is 11.5 Å². The van der Waals surface area contributed by atoms with Crippen LogP contribution in [0.25, 0.3) is 0 Å². The molecule has 0 aromatic heterocycles. The minimum absolute atomic E-state index is 0.146. The highest BCUT2D eigenvalue weighted by Gasteiger charge is 1.93. The maximum absolute atomic E-state index is 9.21. The maximum Gasteiger partial charge on any atom is 0.117 e. The van der Waals surface area contributed by atoms with E-state index in [1.54, 1.807) is 36.4 Å². The van der Waals surface area contributed by atoms with Crippen LogP contribution in [0.5, 0.6) is 11.5 Å². The molecule has 0 heterocycles. The number of hydrogen-bond acceptors (Lipinski definition) is 4. The lowest BCUT2D eigenvalue weighted by atomic mass is 10.3. The van der Waals surface area contributed by atoms with Crippen LogP contribution < -0.4 is 0 Å². The Balaban J connectivity index is 2.21. The Morgan fingerprint density at radius 3 is 1.50 bits per heavy atom. The van der Waals surface area contributed by atoms with Crippen LogP contribution in [-0.4, -0.2) is 10.2 Å². The molecule has 0 amide bonds. The van der Waals surface area contributed by atoms with Gasteiger partial charge in [0, 0.05) is 12.1 Å². The predicted octanol–water partition coefficient (Wildman–Crippen LogP) is 3.51. The van der Waals surface area contributed by atoms with Gasteiger partial charge in [-0.2, -0.15) is 10.2 Å². The second-order valence-corrected chi connectivity index (χ2v) is 3.24. The van der Waals surface area contributed by atoms with Gasteiger partial charge in [-0.05, 0) is 24.3 Å². The van der Waals surface area contributed by atoms with Gasteiger partial charge in [-0.25, -0.2) is 0 Å². The van der Waals surface area contributed by atoms with E-state index in [9.17, 15) is 10.2 Å². The number of nitrogens with zero attached hydrogens (tertiary/aromatic N) is 2. The largest absolute Gasteiger partial charge is 0.508 e. The van der Waals surface area contributed by atoms with Crippen LogP contribution >= 0.6 is 0 Å². The number of aromatic hydroxyl groups is 2. The van der Waals surface area contributed by atoms with Crippen LogP contribution in [0.2, 0.25) is 0 Å². The van der Waals surface area contributed by atoms with Gasteiger partial charge in [0.15, 0.2) is 0 Å². The number of hydrogen-bond donors (Lipinski definition) is 2. The lowest BCUT2D eigenvalue weighted by molar-refractivity contribution is 0.474. The summed E-state index contributed by atoms with van der Waals surface area (Å²) < 4.78 is 0. The van der Waals surface area contributed by atoms with E-state index in [0.29, 0.717) is 11.4 Å². The molecule has 0 bridgehead atoms. The van der Waals surface area contributed by atoms with Crippen LogP contribution in [0.4, 0.5) is 11.4 Å². The number of rotatable bonds is 2. The smallest absolute Gasteiger partial charge is 0.117 e. The van der Waals surface area contributed by atoms with E-state index in [2.05, 4.69) is 10.2 Å². The number of phenolic OH excluding ortho intramolecular Hbond substituents is 2. The molecule has 4 heteroatoms. The molecule has 0 saturated heterocycles. The van der Waals surface area contributed by atoms with E-state index in [4.69, 9.17) is 0 Å². The quantitative estimate of drug-likeness (QED) is 0.751. The summed E-state index contributed by atoms with van der Waals surface area (Å²) in [7, 11) is 0.